The quantitative estimate of drug-likeness (QED) is 0.311. The van der Waals surface area contributed by atoms with Gasteiger partial charge >= 0.3 is 0 Å². The Morgan fingerprint density at radius 1 is 0.871 bits per heavy atom. The lowest BCUT2D eigenvalue weighted by Gasteiger charge is -2.17. The maximum atomic E-state index is 13.3. The maximum absolute atomic E-state index is 13.3. The minimum atomic E-state index is -0.337. The predicted octanol–water partition coefficient (Wildman–Crippen LogP) is 5.13. The van der Waals surface area contributed by atoms with E-state index in [1.807, 2.05) is 36.4 Å². The zero-order chi connectivity index (χ0) is 21.2. The Morgan fingerprint density at radius 2 is 1.48 bits per heavy atom. The van der Waals surface area contributed by atoms with Crippen LogP contribution < -0.4 is 5.56 Å². The number of benzene rings is 3. The van der Waals surface area contributed by atoms with Crippen molar-refractivity contribution in [2.75, 3.05) is 0 Å². The van der Waals surface area contributed by atoms with Crippen molar-refractivity contribution >= 4 is 22.8 Å². The fraction of sp³-hybridized carbons (Fsp3) is 0.0417. The molecule has 0 radical (unpaired) electrons. The highest BCUT2D eigenvalue weighted by atomic mass is 32.2. The Morgan fingerprint density at radius 3 is 2.10 bits per heavy atom. The third-order valence-electron chi connectivity index (χ3n) is 4.92. The lowest BCUT2D eigenvalue weighted by molar-refractivity contribution is 0.627. The normalized spacial score (nSPS) is 11.3. The molecule has 0 fully saturated rings. The molecule has 1 N–H and O–H groups in total. The minimum Gasteiger partial charge on any atom is -0.301 e. The molecule has 0 saturated heterocycles. The SMILES string of the molecule is O=c1[nH]c(SC(c2ccccc2)c2ccccc2)nc2c1cnn2-c1ccc(F)cc1. The zero-order valence-electron chi connectivity index (χ0n) is 16.3. The van der Waals surface area contributed by atoms with Crippen LogP contribution in [0.2, 0.25) is 0 Å². The van der Waals surface area contributed by atoms with Gasteiger partial charge in [-0.25, -0.2) is 14.1 Å². The monoisotopic (exact) mass is 428 g/mol. The van der Waals surface area contributed by atoms with Crippen molar-refractivity contribution in [3.05, 3.63) is 118 Å². The molecule has 7 heteroatoms. The molecule has 5 aromatic rings. The third-order valence-corrected chi connectivity index (χ3v) is 6.12. The number of thioether (sulfide) groups is 1. The van der Waals surface area contributed by atoms with Crippen molar-refractivity contribution in [1.82, 2.24) is 19.7 Å². The maximum Gasteiger partial charge on any atom is 0.262 e. The number of nitrogens with one attached hydrogen (secondary N) is 1. The van der Waals surface area contributed by atoms with E-state index in [4.69, 9.17) is 4.98 Å². The molecule has 2 aromatic heterocycles. The van der Waals surface area contributed by atoms with Crippen molar-refractivity contribution in [3.8, 4) is 5.69 Å². The van der Waals surface area contributed by atoms with Crippen molar-refractivity contribution in [2.45, 2.75) is 10.4 Å². The second-order valence-electron chi connectivity index (χ2n) is 6.96. The van der Waals surface area contributed by atoms with Gasteiger partial charge in [0.25, 0.3) is 5.56 Å². The molecule has 0 atom stereocenters. The average Bonchev–Trinajstić information content (AvgIpc) is 3.24. The third kappa shape index (κ3) is 3.87. The fourth-order valence-electron chi connectivity index (χ4n) is 3.42. The first kappa shape index (κ1) is 19.3. The van der Waals surface area contributed by atoms with Crippen molar-refractivity contribution in [1.29, 1.82) is 0 Å². The van der Waals surface area contributed by atoms with Gasteiger partial charge in [0.1, 0.15) is 11.2 Å². The van der Waals surface area contributed by atoms with Gasteiger partial charge in [-0.15, -0.1) is 0 Å². The molecule has 31 heavy (non-hydrogen) atoms. The molecule has 0 aliphatic carbocycles. The second kappa shape index (κ2) is 8.20. The number of H-pyrrole nitrogens is 1. The van der Waals surface area contributed by atoms with Crippen LogP contribution in [0.4, 0.5) is 4.39 Å². The van der Waals surface area contributed by atoms with Gasteiger partial charge in [0.05, 0.1) is 17.1 Å². The predicted molar refractivity (Wildman–Crippen MR) is 120 cm³/mol. The lowest BCUT2D eigenvalue weighted by atomic mass is 10.0. The van der Waals surface area contributed by atoms with Crippen LogP contribution in [-0.2, 0) is 0 Å². The molecule has 0 aliphatic rings. The lowest BCUT2D eigenvalue weighted by Crippen LogP contribution is -2.10. The zero-order valence-corrected chi connectivity index (χ0v) is 17.1. The van der Waals surface area contributed by atoms with Crippen molar-refractivity contribution in [3.63, 3.8) is 0 Å². The summed E-state index contributed by atoms with van der Waals surface area (Å²) in [5.41, 5.74) is 3.01. The second-order valence-corrected chi connectivity index (χ2v) is 8.05. The standard InChI is InChI=1S/C24H17FN4OS/c25-18-11-13-19(14-12-18)29-22-20(15-26-29)23(30)28-24(27-22)31-21(16-7-3-1-4-8-16)17-9-5-2-6-10-17/h1-15,21H,(H,27,28,30). The van der Waals surface area contributed by atoms with Crippen LogP contribution in [-0.4, -0.2) is 19.7 Å². The Hall–Kier alpha value is -3.71. The molecule has 3 aromatic carbocycles. The van der Waals surface area contributed by atoms with Gasteiger partial charge in [-0.05, 0) is 35.4 Å². The Labute approximate surface area is 181 Å². The number of aromatic nitrogens is 4. The summed E-state index contributed by atoms with van der Waals surface area (Å²) in [4.78, 5) is 20.3. The topological polar surface area (TPSA) is 63.6 Å². The van der Waals surface area contributed by atoms with Crippen LogP contribution in [0.5, 0.6) is 0 Å². The van der Waals surface area contributed by atoms with E-state index in [9.17, 15) is 9.18 Å². The first-order chi connectivity index (χ1) is 15.2. The number of hydrogen-bond acceptors (Lipinski definition) is 4. The van der Waals surface area contributed by atoms with E-state index in [0.717, 1.165) is 11.1 Å². The summed E-state index contributed by atoms with van der Waals surface area (Å²) in [6.07, 6.45) is 1.48. The van der Waals surface area contributed by atoms with Gasteiger partial charge in [0.15, 0.2) is 10.8 Å². The first-order valence-electron chi connectivity index (χ1n) is 9.69. The molecule has 152 valence electrons. The number of hydrogen-bond donors (Lipinski definition) is 1. The first-order valence-corrected chi connectivity index (χ1v) is 10.6. The Kier molecular flexibility index (Phi) is 5.09. The van der Waals surface area contributed by atoms with Gasteiger partial charge in [0.2, 0.25) is 0 Å². The average molecular weight is 428 g/mol. The molecule has 5 rings (SSSR count). The van der Waals surface area contributed by atoms with Gasteiger partial charge in [0, 0.05) is 0 Å². The molecule has 0 unspecified atom stereocenters. The van der Waals surface area contributed by atoms with Gasteiger partial charge in [-0.3, -0.25) is 4.79 Å². The van der Waals surface area contributed by atoms with Crippen molar-refractivity contribution in [2.24, 2.45) is 0 Å². The molecule has 0 saturated carbocycles. The van der Waals surface area contributed by atoms with E-state index in [0.29, 0.717) is 21.9 Å². The highest BCUT2D eigenvalue weighted by Gasteiger charge is 2.19. The molecule has 5 nitrogen and oxygen atoms in total. The largest absolute Gasteiger partial charge is 0.301 e. The molecule has 0 amide bonds. The molecule has 0 aliphatic heterocycles. The van der Waals surface area contributed by atoms with Gasteiger partial charge in [-0.1, -0.05) is 72.4 Å². The molecular weight excluding hydrogens is 411 g/mol. The summed E-state index contributed by atoms with van der Waals surface area (Å²) in [7, 11) is 0. The highest BCUT2D eigenvalue weighted by Crippen LogP contribution is 2.38. The van der Waals surface area contributed by atoms with Crippen LogP contribution in [0, 0.1) is 5.82 Å². The molecular formula is C24H17FN4OS. The van der Waals surface area contributed by atoms with Gasteiger partial charge < -0.3 is 4.98 Å². The summed E-state index contributed by atoms with van der Waals surface area (Å²) < 4.78 is 14.9. The van der Waals surface area contributed by atoms with Crippen LogP contribution in [0.1, 0.15) is 16.4 Å². The number of halogens is 1. The van der Waals surface area contributed by atoms with Crippen molar-refractivity contribution < 1.29 is 4.39 Å². The summed E-state index contributed by atoms with van der Waals surface area (Å²) >= 11 is 1.47. The van der Waals surface area contributed by atoms with Crippen LogP contribution in [0.25, 0.3) is 16.7 Å². The Balaban J connectivity index is 1.60. The summed E-state index contributed by atoms with van der Waals surface area (Å²) in [5, 5.41) is 5.11. The summed E-state index contributed by atoms with van der Waals surface area (Å²) in [6, 6.07) is 26.1. The van der Waals surface area contributed by atoms with E-state index < -0.39 is 0 Å². The summed E-state index contributed by atoms with van der Waals surface area (Å²) in [6.45, 7) is 0. The number of rotatable bonds is 5. The number of nitrogens with zero attached hydrogens (tertiary/aromatic N) is 3. The van der Waals surface area contributed by atoms with Crippen LogP contribution >= 0.6 is 11.8 Å². The van der Waals surface area contributed by atoms with Crippen LogP contribution in [0.15, 0.2) is 101 Å². The highest BCUT2D eigenvalue weighted by molar-refractivity contribution is 7.99. The Bertz CT molecular complexity index is 1340. The van der Waals surface area contributed by atoms with E-state index in [1.165, 1.54) is 30.1 Å². The molecule has 2 heterocycles. The smallest absolute Gasteiger partial charge is 0.262 e. The molecule has 0 spiro atoms. The van der Waals surface area contributed by atoms with E-state index in [2.05, 4.69) is 34.3 Å². The van der Waals surface area contributed by atoms with E-state index >= 15 is 0 Å². The number of fused-ring (bicyclic) bond motifs is 1. The van der Waals surface area contributed by atoms with E-state index in [1.54, 1.807) is 16.8 Å². The van der Waals surface area contributed by atoms with Crippen LogP contribution in [0.3, 0.4) is 0 Å². The fourth-order valence-corrected chi connectivity index (χ4v) is 4.52. The van der Waals surface area contributed by atoms with Gasteiger partial charge in [-0.2, -0.15) is 5.10 Å². The van der Waals surface area contributed by atoms with E-state index in [-0.39, 0.29) is 16.6 Å². The number of aromatic amines is 1. The molecule has 0 bridgehead atoms. The minimum absolute atomic E-state index is 0.0507. The summed E-state index contributed by atoms with van der Waals surface area (Å²) in [5.74, 6) is -0.337.